The Kier molecular flexibility index (Phi) is 4.30. The summed E-state index contributed by atoms with van der Waals surface area (Å²) < 4.78 is 31.8. The van der Waals surface area contributed by atoms with Crippen molar-refractivity contribution in [3.05, 3.63) is 35.9 Å². The Hall–Kier alpha value is -1.00. The molecule has 18 heavy (non-hydrogen) atoms. The Balaban J connectivity index is 1.92. The first-order chi connectivity index (χ1) is 8.61. The van der Waals surface area contributed by atoms with Crippen molar-refractivity contribution in [1.82, 2.24) is 0 Å². The van der Waals surface area contributed by atoms with E-state index in [1.165, 1.54) is 0 Å². The molecule has 0 heterocycles. The molecule has 0 unspecified atom stereocenters. The van der Waals surface area contributed by atoms with Gasteiger partial charge in [0.05, 0.1) is 12.7 Å². The summed E-state index contributed by atoms with van der Waals surface area (Å²) in [5.74, 6) is -2.54. The zero-order valence-corrected chi connectivity index (χ0v) is 10.2. The van der Waals surface area contributed by atoms with Crippen LogP contribution in [-0.4, -0.2) is 23.7 Å². The molecular formula is C14H18F2O2. The van der Waals surface area contributed by atoms with Gasteiger partial charge in [0.2, 0.25) is 5.92 Å². The van der Waals surface area contributed by atoms with E-state index in [0.717, 1.165) is 5.56 Å². The van der Waals surface area contributed by atoms with E-state index in [4.69, 9.17) is 4.74 Å². The molecule has 0 aliphatic heterocycles. The van der Waals surface area contributed by atoms with E-state index >= 15 is 0 Å². The molecule has 0 saturated heterocycles. The SMILES string of the molecule is OC[C@H](OC1CCC(F)(F)CC1)c1ccccc1. The van der Waals surface area contributed by atoms with Crippen LogP contribution in [0.1, 0.15) is 37.4 Å². The molecule has 1 atom stereocenters. The molecule has 2 nitrogen and oxygen atoms in total. The van der Waals surface area contributed by atoms with Crippen LogP contribution in [0.2, 0.25) is 0 Å². The van der Waals surface area contributed by atoms with Gasteiger partial charge in [-0.2, -0.15) is 0 Å². The third-order valence-electron chi connectivity index (χ3n) is 3.36. The largest absolute Gasteiger partial charge is 0.393 e. The van der Waals surface area contributed by atoms with Crippen LogP contribution in [0.25, 0.3) is 0 Å². The third-order valence-corrected chi connectivity index (χ3v) is 3.36. The van der Waals surface area contributed by atoms with Gasteiger partial charge in [0.25, 0.3) is 0 Å². The number of rotatable bonds is 4. The lowest BCUT2D eigenvalue weighted by atomic mass is 9.94. The van der Waals surface area contributed by atoms with Crippen molar-refractivity contribution in [2.75, 3.05) is 6.61 Å². The molecule has 0 spiro atoms. The quantitative estimate of drug-likeness (QED) is 0.895. The fourth-order valence-electron chi connectivity index (χ4n) is 2.28. The predicted octanol–water partition coefficient (Wildman–Crippen LogP) is 3.31. The van der Waals surface area contributed by atoms with Gasteiger partial charge in [0.1, 0.15) is 6.10 Å². The van der Waals surface area contributed by atoms with Crippen LogP contribution in [0.15, 0.2) is 30.3 Å². The summed E-state index contributed by atoms with van der Waals surface area (Å²) in [6.45, 7) is -0.128. The standard InChI is InChI=1S/C14H18F2O2/c15-14(16)8-6-12(7-9-14)18-13(10-17)11-4-2-1-3-5-11/h1-5,12-13,17H,6-10H2/t13-/m0/s1. The topological polar surface area (TPSA) is 29.5 Å². The highest BCUT2D eigenvalue weighted by Crippen LogP contribution is 2.36. The summed E-state index contributed by atoms with van der Waals surface area (Å²) in [4.78, 5) is 0. The van der Waals surface area contributed by atoms with E-state index in [1.54, 1.807) is 0 Å². The Morgan fingerprint density at radius 1 is 1.22 bits per heavy atom. The number of aliphatic hydroxyl groups is 1. The molecule has 1 N–H and O–H groups in total. The van der Waals surface area contributed by atoms with Crippen LogP contribution >= 0.6 is 0 Å². The van der Waals surface area contributed by atoms with E-state index in [1.807, 2.05) is 30.3 Å². The molecule has 1 saturated carbocycles. The number of ether oxygens (including phenoxy) is 1. The normalized spacial score (nSPS) is 21.7. The van der Waals surface area contributed by atoms with Crippen molar-refractivity contribution in [2.24, 2.45) is 0 Å². The minimum atomic E-state index is -2.54. The molecule has 0 bridgehead atoms. The Morgan fingerprint density at radius 2 is 1.83 bits per heavy atom. The highest BCUT2D eigenvalue weighted by molar-refractivity contribution is 5.17. The number of hydrogen-bond donors (Lipinski definition) is 1. The fourth-order valence-corrected chi connectivity index (χ4v) is 2.28. The molecule has 1 fully saturated rings. The number of halogens is 2. The molecule has 0 aromatic heterocycles. The van der Waals surface area contributed by atoms with Crippen molar-refractivity contribution in [3.63, 3.8) is 0 Å². The van der Waals surface area contributed by atoms with Gasteiger partial charge in [-0.15, -0.1) is 0 Å². The Morgan fingerprint density at radius 3 is 2.39 bits per heavy atom. The number of aliphatic hydroxyl groups excluding tert-OH is 1. The minimum Gasteiger partial charge on any atom is -0.393 e. The monoisotopic (exact) mass is 256 g/mol. The van der Waals surface area contributed by atoms with Crippen LogP contribution in [0, 0.1) is 0 Å². The molecule has 100 valence electrons. The molecule has 0 radical (unpaired) electrons. The number of hydrogen-bond acceptors (Lipinski definition) is 2. The van der Waals surface area contributed by atoms with Crippen LogP contribution in [0.3, 0.4) is 0 Å². The van der Waals surface area contributed by atoms with Crippen molar-refractivity contribution < 1.29 is 18.6 Å². The van der Waals surface area contributed by atoms with Gasteiger partial charge < -0.3 is 9.84 Å². The molecule has 0 amide bonds. The summed E-state index contributed by atoms with van der Waals surface area (Å²) >= 11 is 0. The molecule has 2 rings (SSSR count). The highest BCUT2D eigenvalue weighted by Gasteiger charge is 2.36. The molecule has 4 heteroatoms. The summed E-state index contributed by atoms with van der Waals surface area (Å²) in [6.07, 6.45) is -0.119. The minimum absolute atomic E-state index is 0.120. The van der Waals surface area contributed by atoms with Gasteiger partial charge in [-0.3, -0.25) is 0 Å². The Bertz CT molecular complexity index is 357. The number of benzene rings is 1. The average molecular weight is 256 g/mol. The van der Waals surface area contributed by atoms with Gasteiger partial charge in [0.15, 0.2) is 0 Å². The van der Waals surface area contributed by atoms with Crippen molar-refractivity contribution in [2.45, 2.75) is 43.8 Å². The molecule has 1 aromatic rings. The Labute approximate surface area is 106 Å². The van der Waals surface area contributed by atoms with Crippen molar-refractivity contribution >= 4 is 0 Å². The van der Waals surface area contributed by atoms with Crippen LogP contribution in [0.4, 0.5) is 8.78 Å². The van der Waals surface area contributed by atoms with Crippen LogP contribution in [0.5, 0.6) is 0 Å². The second-order valence-electron chi connectivity index (χ2n) is 4.77. The van der Waals surface area contributed by atoms with E-state index in [2.05, 4.69) is 0 Å². The van der Waals surface area contributed by atoms with E-state index in [0.29, 0.717) is 12.8 Å². The molecule has 1 aromatic carbocycles. The van der Waals surface area contributed by atoms with E-state index in [9.17, 15) is 13.9 Å². The van der Waals surface area contributed by atoms with Gasteiger partial charge >= 0.3 is 0 Å². The second-order valence-corrected chi connectivity index (χ2v) is 4.77. The third kappa shape index (κ3) is 3.50. The summed E-state index contributed by atoms with van der Waals surface area (Å²) in [7, 11) is 0. The lowest BCUT2D eigenvalue weighted by Crippen LogP contribution is -2.30. The lowest BCUT2D eigenvalue weighted by Gasteiger charge is -2.31. The maximum absolute atomic E-state index is 13.0. The van der Waals surface area contributed by atoms with Crippen LogP contribution in [-0.2, 0) is 4.74 Å². The predicted molar refractivity (Wildman–Crippen MR) is 64.6 cm³/mol. The average Bonchev–Trinajstić information content (AvgIpc) is 2.39. The molecule has 1 aliphatic rings. The molecule has 1 aliphatic carbocycles. The summed E-state index contributed by atoms with van der Waals surface area (Å²) in [5.41, 5.74) is 0.886. The zero-order chi connectivity index (χ0) is 13.0. The summed E-state index contributed by atoms with van der Waals surface area (Å²) in [6, 6.07) is 9.38. The van der Waals surface area contributed by atoms with Crippen molar-refractivity contribution in [1.29, 1.82) is 0 Å². The first-order valence-electron chi connectivity index (χ1n) is 6.30. The first kappa shape index (κ1) is 13.4. The molecular weight excluding hydrogens is 238 g/mol. The smallest absolute Gasteiger partial charge is 0.248 e. The summed E-state index contributed by atoms with van der Waals surface area (Å²) in [5, 5.41) is 9.34. The number of alkyl halides is 2. The van der Waals surface area contributed by atoms with Gasteiger partial charge in [-0.25, -0.2) is 8.78 Å². The van der Waals surface area contributed by atoms with Gasteiger partial charge in [-0.05, 0) is 18.4 Å². The lowest BCUT2D eigenvalue weighted by molar-refractivity contribution is -0.108. The van der Waals surface area contributed by atoms with E-state index in [-0.39, 0.29) is 25.6 Å². The van der Waals surface area contributed by atoms with Gasteiger partial charge in [0, 0.05) is 12.8 Å². The fraction of sp³-hybridized carbons (Fsp3) is 0.571. The van der Waals surface area contributed by atoms with E-state index < -0.39 is 12.0 Å². The second kappa shape index (κ2) is 5.76. The first-order valence-corrected chi connectivity index (χ1v) is 6.30. The maximum atomic E-state index is 13.0. The maximum Gasteiger partial charge on any atom is 0.248 e. The van der Waals surface area contributed by atoms with Gasteiger partial charge in [-0.1, -0.05) is 30.3 Å². The van der Waals surface area contributed by atoms with Crippen molar-refractivity contribution in [3.8, 4) is 0 Å². The van der Waals surface area contributed by atoms with Crippen LogP contribution < -0.4 is 0 Å². The highest BCUT2D eigenvalue weighted by atomic mass is 19.3. The zero-order valence-electron chi connectivity index (χ0n) is 10.2.